The second-order valence-electron chi connectivity index (χ2n) is 4.98. The average molecular weight is 296 g/mol. The molecule has 0 atom stereocenters. The summed E-state index contributed by atoms with van der Waals surface area (Å²) >= 11 is 0. The number of benzene rings is 2. The number of carboxylic acids is 1. The van der Waals surface area contributed by atoms with Crippen molar-refractivity contribution in [2.75, 3.05) is 0 Å². The molecule has 0 saturated heterocycles. The molecule has 2 rings (SSSR count). The van der Waals surface area contributed by atoms with Gasteiger partial charge in [0.15, 0.2) is 5.78 Å². The summed E-state index contributed by atoms with van der Waals surface area (Å²) in [7, 11) is 0. The molecule has 0 saturated carbocycles. The molecule has 0 heterocycles. The van der Waals surface area contributed by atoms with Crippen LogP contribution in [0.3, 0.4) is 0 Å². The number of carbonyl (C=O) groups excluding carboxylic acids is 1. The summed E-state index contributed by atoms with van der Waals surface area (Å²) in [6.45, 7) is 1.71. The first kappa shape index (κ1) is 15.5. The molecular formula is C18H16O4. The highest BCUT2D eigenvalue weighted by molar-refractivity contribution is 6.11. The first-order valence-electron chi connectivity index (χ1n) is 6.79. The third-order valence-corrected chi connectivity index (χ3v) is 3.22. The molecule has 0 radical (unpaired) electrons. The summed E-state index contributed by atoms with van der Waals surface area (Å²) < 4.78 is 0. The van der Waals surface area contributed by atoms with Gasteiger partial charge in [0.1, 0.15) is 5.75 Å². The number of hydrogen-bond donors (Lipinski definition) is 2. The largest absolute Gasteiger partial charge is 0.508 e. The number of hydrogen-bond acceptors (Lipinski definition) is 3. The van der Waals surface area contributed by atoms with Crippen LogP contribution in [0.15, 0.2) is 54.1 Å². The van der Waals surface area contributed by atoms with Crippen LogP contribution in [0.4, 0.5) is 0 Å². The molecule has 0 bridgehead atoms. The first-order valence-corrected chi connectivity index (χ1v) is 6.79. The van der Waals surface area contributed by atoms with Crippen molar-refractivity contribution in [1.29, 1.82) is 0 Å². The molecule has 2 aromatic carbocycles. The van der Waals surface area contributed by atoms with E-state index in [0.29, 0.717) is 11.1 Å². The van der Waals surface area contributed by atoms with E-state index in [1.807, 2.05) is 30.3 Å². The molecule has 0 spiro atoms. The summed E-state index contributed by atoms with van der Waals surface area (Å²) in [6, 6.07) is 13.7. The number of carbonyl (C=O) groups is 2. The van der Waals surface area contributed by atoms with Crippen LogP contribution < -0.4 is 0 Å². The maximum atomic E-state index is 12.4. The molecule has 112 valence electrons. The molecule has 0 fully saturated rings. The van der Waals surface area contributed by atoms with Crippen LogP contribution in [0.2, 0.25) is 0 Å². The minimum absolute atomic E-state index is 0.122. The van der Waals surface area contributed by atoms with E-state index < -0.39 is 5.97 Å². The van der Waals surface area contributed by atoms with Gasteiger partial charge in [-0.15, -0.1) is 0 Å². The number of phenolic OH excluding ortho intramolecular Hbond substituents is 1. The molecule has 0 amide bonds. The van der Waals surface area contributed by atoms with Crippen molar-refractivity contribution in [2.45, 2.75) is 13.3 Å². The van der Waals surface area contributed by atoms with E-state index in [1.165, 1.54) is 18.2 Å². The highest BCUT2D eigenvalue weighted by Gasteiger charge is 2.13. The molecule has 2 aromatic rings. The second kappa shape index (κ2) is 6.72. The standard InChI is InChI=1S/C18H16O4/c1-12(9-13-5-3-2-4-6-13)18(22)14-7-8-16(19)15(10-14)11-17(20)21/h2-10,19H,11H2,1H3,(H,20,21)/b12-9+. The number of rotatable bonds is 5. The Morgan fingerprint density at radius 3 is 2.41 bits per heavy atom. The van der Waals surface area contributed by atoms with Gasteiger partial charge in [0.25, 0.3) is 0 Å². The van der Waals surface area contributed by atoms with Crippen molar-refractivity contribution in [2.24, 2.45) is 0 Å². The Labute approximate surface area is 128 Å². The molecule has 0 unspecified atom stereocenters. The topological polar surface area (TPSA) is 74.6 Å². The predicted molar refractivity (Wildman–Crippen MR) is 83.9 cm³/mol. The van der Waals surface area contributed by atoms with Crippen LogP contribution in [0, 0.1) is 0 Å². The lowest BCUT2D eigenvalue weighted by molar-refractivity contribution is -0.136. The maximum Gasteiger partial charge on any atom is 0.307 e. The third kappa shape index (κ3) is 3.82. The molecular weight excluding hydrogens is 280 g/mol. The fraction of sp³-hybridized carbons (Fsp3) is 0.111. The lowest BCUT2D eigenvalue weighted by Crippen LogP contribution is -2.05. The number of aliphatic carboxylic acids is 1. The van der Waals surface area contributed by atoms with E-state index in [9.17, 15) is 14.7 Å². The predicted octanol–water partition coefficient (Wildman–Crippen LogP) is 3.31. The van der Waals surface area contributed by atoms with Crippen molar-refractivity contribution >= 4 is 17.8 Å². The summed E-state index contributed by atoms with van der Waals surface area (Å²) in [5.41, 5.74) is 2.04. The van der Waals surface area contributed by atoms with Gasteiger partial charge in [-0.2, -0.15) is 0 Å². The van der Waals surface area contributed by atoms with E-state index >= 15 is 0 Å². The quantitative estimate of drug-likeness (QED) is 0.655. The molecule has 0 aliphatic carbocycles. The van der Waals surface area contributed by atoms with Gasteiger partial charge in [0.05, 0.1) is 6.42 Å². The highest BCUT2D eigenvalue weighted by Crippen LogP contribution is 2.21. The number of Topliss-reactive ketones (excluding diaryl/α,β-unsaturated/α-hetero) is 1. The van der Waals surface area contributed by atoms with Crippen LogP contribution in [0.1, 0.15) is 28.4 Å². The Balaban J connectivity index is 2.29. The second-order valence-corrected chi connectivity index (χ2v) is 4.98. The zero-order chi connectivity index (χ0) is 16.1. The fourth-order valence-electron chi connectivity index (χ4n) is 2.12. The summed E-state index contributed by atoms with van der Waals surface area (Å²) in [6.07, 6.45) is 1.44. The summed E-state index contributed by atoms with van der Waals surface area (Å²) in [4.78, 5) is 23.2. The first-order chi connectivity index (χ1) is 10.5. The third-order valence-electron chi connectivity index (χ3n) is 3.22. The smallest absolute Gasteiger partial charge is 0.307 e. The number of carboxylic acid groups (broad SMARTS) is 1. The van der Waals surface area contributed by atoms with Crippen LogP contribution in [-0.2, 0) is 11.2 Å². The van der Waals surface area contributed by atoms with Crippen molar-refractivity contribution in [1.82, 2.24) is 0 Å². The highest BCUT2D eigenvalue weighted by atomic mass is 16.4. The molecule has 4 nitrogen and oxygen atoms in total. The van der Waals surface area contributed by atoms with Crippen LogP contribution in [0.5, 0.6) is 5.75 Å². The SMILES string of the molecule is C/C(=C\c1ccccc1)C(=O)c1ccc(O)c(CC(=O)O)c1. The number of allylic oxidation sites excluding steroid dienone is 1. The fourth-order valence-corrected chi connectivity index (χ4v) is 2.12. The Bertz CT molecular complexity index is 730. The van der Waals surface area contributed by atoms with Crippen LogP contribution >= 0.6 is 0 Å². The Hall–Kier alpha value is -2.88. The van der Waals surface area contributed by atoms with Gasteiger partial charge >= 0.3 is 5.97 Å². The van der Waals surface area contributed by atoms with E-state index in [2.05, 4.69) is 0 Å². The van der Waals surface area contributed by atoms with E-state index in [4.69, 9.17) is 5.11 Å². The monoisotopic (exact) mass is 296 g/mol. The number of phenols is 1. The van der Waals surface area contributed by atoms with Gasteiger partial charge in [-0.3, -0.25) is 9.59 Å². The number of ketones is 1. The Kier molecular flexibility index (Phi) is 4.73. The van der Waals surface area contributed by atoms with Gasteiger partial charge in [0, 0.05) is 11.1 Å². The zero-order valence-electron chi connectivity index (χ0n) is 12.1. The molecule has 22 heavy (non-hydrogen) atoms. The van der Waals surface area contributed by atoms with Crippen molar-refractivity contribution < 1.29 is 19.8 Å². The zero-order valence-corrected chi connectivity index (χ0v) is 12.1. The summed E-state index contributed by atoms with van der Waals surface area (Å²) in [5, 5.41) is 18.5. The lowest BCUT2D eigenvalue weighted by Gasteiger charge is -2.06. The van der Waals surface area contributed by atoms with Gasteiger partial charge < -0.3 is 10.2 Å². The van der Waals surface area contributed by atoms with Gasteiger partial charge in [-0.05, 0) is 42.3 Å². The van der Waals surface area contributed by atoms with Crippen molar-refractivity contribution in [3.8, 4) is 5.75 Å². The average Bonchev–Trinajstić information content (AvgIpc) is 2.49. The lowest BCUT2D eigenvalue weighted by atomic mass is 9.99. The maximum absolute atomic E-state index is 12.4. The van der Waals surface area contributed by atoms with Gasteiger partial charge in [-0.1, -0.05) is 30.3 Å². The normalized spacial score (nSPS) is 11.2. The van der Waals surface area contributed by atoms with Gasteiger partial charge in [0.2, 0.25) is 0 Å². The molecule has 4 heteroatoms. The molecule has 0 aromatic heterocycles. The minimum atomic E-state index is -1.06. The van der Waals surface area contributed by atoms with Crippen molar-refractivity contribution in [3.05, 3.63) is 70.8 Å². The Morgan fingerprint density at radius 2 is 1.77 bits per heavy atom. The minimum Gasteiger partial charge on any atom is -0.508 e. The Morgan fingerprint density at radius 1 is 1.09 bits per heavy atom. The van der Waals surface area contributed by atoms with Crippen molar-refractivity contribution in [3.63, 3.8) is 0 Å². The van der Waals surface area contributed by atoms with E-state index in [-0.39, 0.29) is 23.5 Å². The summed E-state index contributed by atoms with van der Waals surface area (Å²) in [5.74, 6) is -1.38. The number of aromatic hydroxyl groups is 1. The van der Waals surface area contributed by atoms with Crippen LogP contribution in [0.25, 0.3) is 6.08 Å². The molecule has 2 N–H and O–H groups in total. The van der Waals surface area contributed by atoms with E-state index in [0.717, 1.165) is 5.56 Å². The van der Waals surface area contributed by atoms with E-state index in [1.54, 1.807) is 13.0 Å². The van der Waals surface area contributed by atoms with Gasteiger partial charge in [-0.25, -0.2) is 0 Å². The molecule has 0 aliphatic rings. The molecule has 0 aliphatic heterocycles. The van der Waals surface area contributed by atoms with Crippen LogP contribution in [-0.4, -0.2) is 22.0 Å².